The zero-order chi connectivity index (χ0) is 18.1. The van der Waals surface area contributed by atoms with Gasteiger partial charge in [0.2, 0.25) is 5.95 Å². The second-order valence-corrected chi connectivity index (χ2v) is 7.89. The standard InChI is InChI=1S/C18H18N6OS/c1-18(2)8-12-13(10-25-18)26-16-14(12)15(21-17(22-16)23-24-19)20-9-11-6-4-3-5-7-11/h3-7H,8-10H2,1-2H3,(H,20,21,22). The van der Waals surface area contributed by atoms with Crippen molar-refractivity contribution in [3.05, 3.63) is 56.8 Å². The molecule has 7 nitrogen and oxygen atoms in total. The Bertz CT molecular complexity index is 1010. The van der Waals surface area contributed by atoms with E-state index in [0.717, 1.165) is 27.1 Å². The Kier molecular flexibility index (Phi) is 4.24. The molecule has 0 unspecified atom stereocenters. The normalized spacial score (nSPS) is 15.3. The van der Waals surface area contributed by atoms with Gasteiger partial charge in [-0.15, -0.1) is 11.3 Å². The topological polar surface area (TPSA) is 95.8 Å². The van der Waals surface area contributed by atoms with Gasteiger partial charge in [0, 0.05) is 22.8 Å². The fraction of sp³-hybridized carbons (Fsp3) is 0.333. The first kappa shape index (κ1) is 16.8. The number of anilines is 1. The lowest BCUT2D eigenvalue weighted by Gasteiger charge is -2.30. The van der Waals surface area contributed by atoms with Gasteiger partial charge in [-0.2, -0.15) is 0 Å². The molecule has 0 atom stereocenters. The van der Waals surface area contributed by atoms with Gasteiger partial charge < -0.3 is 10.1 Å². The van der Waals surface area contributed by atoms with Gasteiger partial charge in [-0.05, 0) is 35.6 Å². The van der Waals surface area contributed by atoms with Gasteiger partial charge in [0.1, 0.15) is 10.6 Å². The summed E-state index contributed by atoms with van der Waals surface area (Å²) in [7, 11) is 0. The summed E-state index contributed by atoms with van der Waals surface area (Å²) in [6.07, 6.45) is 0.798. The highest BCUT2D eigenvalue weighted by molar-refractivity contribution is 7.19. The molecule has 0 radical (unpaired) electrons. The highest BCUT2D eigenvalue weighted by Gasteiger charge is 2.30. The number of fused-ring (bicyclic) bond motifs is 3. The molecule has 1 aliphatic rings. The fourth-order valence-electron chi connectivity index (χ4n) is 3.13. The summed E-state index contributed by atoms with van der Waals surface area (Å²) in [6, 6.07) is 10.1. The number of thiophene rings is 1. The SMILES string of the molecule is CC1(C)Cc2c(sc3nc(N=[N+]=[N-])nc(NCc4ccccc4)c23)CO1. The first-order valence-corrected chi connectivity index (χ1v) is 9.16. The van der Waals surface area contributed by atoms with Crippen molar-refractivity contribution in [1.29, 1.82) is 0 Å². The first-order chi connectivity index (χ1) is 12.6. The molecule has 0 bridgehead atoms. The number of ether oxygens (including phenoxy) is 1. The largest absolute Gasteiger partial charge is 0.370 e. The molecule has 3 heterocycles. The zero-order valence-corrected chi connectivity index (χ0v) is 15.4. The van der Waals surface area contributed by atoms with E-state index in [1.165, 1.54) is 5.56 Å². The molecule has 3 aromatic rings. The van der Waals surface area contributed by atoms with Crippen molar-refractivity contribution in [2.75, 3.05) is 5.32 Å². The molecule has 0 spiro atoms. The van der Waals surface area contributed by atoms with Crippen LogP contribution in [-0.4, -0.2) is 15.6 Å². The lowest BCUT2D eigenvalue weighted by Crippen LogP contribution is -2.31. The van der Waals surface area contributed by atoms with Crippen molar-refractivity contribution >= 4 is 33.3 Å². The second-order valence-electron chi connectivity index (χ2n) is 6.81. The maximum Gasteiger partial charge on any atom is 0.219 e. The van der Waals surface area contributed by atoms with E-state index < -0.39 is 0 Å². The minimum absolute atomic E-state index is 0.134. The third-order valence-corrected chi connectivity index (χ3v) is 5.46. The monoisotopic (exact) mass is 366 g/mol. The number of rotatable bonds is 4. The predicted molar refractivity (Wildman–Crippen MR) is 103 cm³/mol. The van der Waals surface area contributed by atoms with E-state index in [9.17, 15) is 0 Å². The van der Waals surface area contributed by atoms with E-state index >= 15 is 0 Å². The molecule has 132 valence electrons. The van der Waals surface area contributed by atoms with Gasteiger partial charge >= 0.3 is 0 Å². The highest BCUT2D eigenvalue weighted by atomic mass is 32.1. The average molecular weight is 366 g/mol. The molecule has 0 saturated carbocycles. The van der Waals surface area contributed by atoms with Crippen LogP contribution < -0.4 is 5.32 Å². The van der Waals surface area contributed by atoms with E-state index in [4.69, 9.17) is 10.3 Å². The van der Waals surface area contributed by atoms with Crippen LogP contribution in [0.4, 0.5) is 11.8 Å². The number of hydrogen-bond acceptors (Lipinski definition) is 6. The molecule has 4 rings (SSSR count). The third-order valence-electron chi connectivity index (χ3n) is 4.36. The van der Waals surface area contributed by atoms with Crippen molar-refractivity contribution < 1.29 is 4.74 Å². The average Bonchev–Trinajstić information content (AvgIpc) is 2.97. The van der Waals surface area contributed by atoms with Crippen LogP contribution in [0.15, 0.2) is 35.4 Å². The van der Waals surface area contributed by atoms with Crippen LogP contribution in [0.3, 0.4) is 0 Å². The van der Waals surface area contributed by atoms with E-state index in [1.54, 1.807) is 11.3 Å². The lowest BCUT2D eigenvalue weighted by atomic mass is 9.94. The molecule has 26 heavy (non-hydrogen) atoms. The Morgan fingerprint density at radius 1 is 1.31 bits per heavy atom. The minimum atomic E-state index is -0.221. The molecule has 1 aromatic carbocycles. The summed E-state index contributed by atoms with van der Waals surface area (Å²) < 4.78 is 5.93. The molecule has 1 N–H and O–H groups in total. The Balaban J connectivity index is 1.80. The molecular weight excluding hydrogens is 348 g/mol. The van der Waals surface area contributed by atoms with E-state index in [1.807, 2.05) is 18.2 Å². The van der Waals surface area contributed by atoms with Gasteiger partial charge in [0.05, 0.1) is 17.6 Å². The Morgan fingerprint density at radius 2 is 2.12 bits per heavy atom. The summed E-state index contributed by atoms with van der Waals surface area (Å²) in [5, 5.41) is 8.01. The van der Waals surface area contributed by atoms with Crippen LogP contribution in [-0.2, 0) is 24.3 Å². The van der Waals surface area contributed by atoms with Crippen molar-refractivity contribution in [3.63, 3.8) is 0 Å². The number of aromatic nitrogens is 2. The van der Waals surface area contributed by atoms with Gasteiger partial charge in [0.15, 0.2) is 0 Å². The van der Waals surface area contributed by atoms with Crippen LogP contribution in [0.2, 0.25) is 0 Å². The summed E-state index contributed by atoms with van der Waals surface area (Å²) in [5.41, 5.74) is 10.9. The van der Waals surface area contributed by atoms with E-state index in [0.29, 0.717) is 19.0 Å². The zero-order valence-electron chi connectivity index (χ0n) is 14.6. The van der Waals surface area contributed by atoms with Crippen molar-refractivity contribution in [1.82, 2.24) is 9.97 Å². The Morgan fingerprint density at radius 3 is 2.88 bits per heavy atom. The number of benzene rings is 1. The van der Waals surface area contributed by atoms with Crippen molar-refractivity contribution in [3.8, 4) is 0 Å². The molecule has 2 aromatic heterocycles. The second kappa shape index (κ2) is 6.57. The van der Waals surface area contributed by atoms with Crippen LogP contribution in [0.25, 0.3) is 20.7 Å². The van der Waals surface area contributed by atoms with Gasteiger partial charge in [-0.1, -0.05) is 30.3 Å². The van der Waals surface area contributed by atoms with Crippen LogP contribution in [0.5, 0.6) is 0 Å². The van der Waals surface area contributed by atoms with Crippen LogP contribution in [0, 0.1) is 0 Å². The smallest absolute Gasteiger partial charge is 0.219 e. The minimum Gasteiger partial charge on any atom is -0.370 e. The van der Waals surface area contributed by atoms with Gasteiger partial charge in [-0.3, -0.25) is 0 Å². The highest BCUT2D eigenvalue weighted by Crippen LogP contribution is 2.41. The van der Waals surface area contributed by atoms with Gasteiger partial charge in [0.25, 0.3) is 0 Å². The van der Waals surface area contributed by atoms with Crippen molar-refractivity contribution in [2.24, 2.45) is 5.11 Å². The quantitative estimate of drug-likeness (QED) is 0.395. The summed E-state index contributed by atoms with van der Waals surface area (Å²) in [5.74, 6) is 0.839. The fourth-order valence-corrected chi connectivity index (χ4v) is 4.23. The number of nitrogens with zero attached hydrogens (tertiary/aromatic N) is 5. The molecule has 1 aliphatic heterocycles. The summed E-state index contributed by atoms with van der Waals surface area (Å²) >= 11 is 1.58. The number of azide groups is 1. The molecule has 0 amide bonds. The maximum atomic E-state index is 8.76. The van der Waals surface area contributed by atoms with E-state index in [-0.39, 0.29) is 11.5 Å². The number of hydrogen-bond donors (Lipinski definition) is 1. The number of nitrogens with one attached hydrogen (secondary N) is 1. The van der Waals surface area contributed by atoms with Crippen LogP contribution in [0.1, 0.15) is 29.9 Å². The molecule has 0 saturated heterocycles. The lowest BCUT2D eigenvalue weighted by molar-refractivity contribution is -0.0379. The van der Waals surface area contributed by atoms with Crippen molar-refractivity contribution in [2.45, 2.75) is 39.0 Å². The Hall–Kier alpha value is -2.67. The maximum absolute atomic E-state index is 8.76. The summed E-state index contributed by atoms with van der Waals surface area (Å²) in [6.45, 7) is 5.38. The molecule has 8 heteroatoms. The predicted octanol–water partition coefficient (Wildman–Crippen LogP) is 5.10. The molecular formula is C18H18N6OS. The third kappa shape index (κ3) is 3.22. The van der Waals surface area contributed by atoms with Gasteiger partial charge in [-0.25, -0.2) is 9.97 Å². The molecule has 0 fully saturated rings. The first-order valence-electron chi connectivity index (χ1n) is 8.35. The van der Waals surface area contributed by atoms with E-state index in [2.05, 4.69) is 51.3 Å². The Labute approximate surface area is 154 Å². The summed E-state index contributed by atoms with van der Waals surface area (Å²) in [4.78, 5) is 13.7. The van der Waals surface area contributed by atoms with Crippen LogP contribution >= 0.6 is 11.3 Å². The molecule has 0 aliphatic carbocycles.